The van der Waals surface area contributed by atoms with E-state index in [9.17, 15) is 9.59 Å². The summed E-state index contributed by atoms with van der Waals surface area (Å²) in [4.78, 5) is 31.6. The molecule has 1 aliphatic heterocycles. The molecule has 7 heteroatoms. The van der Waals surface area contributed by atoms with E-state index < -0.39 is 5.92 Å². The second kappa shape index (κ2) is 9.25. The SMILES string of the molecule is COc1ccc([C@H]2C(C(=O)Nc3cccc(C)n3)=C(C)NC3=C2C(=O)C[C@@H](c2ccco2)C3)cc1. The highest BCUT2D eigenvalue weighted by molar-refractivity contribution is 6.09. The Kier molecular flexibility index (Phi) is 5.99. The number of hydrogen-bond acceptors (Lipinski definition) is 6. The minimum absolute atomic E-state index is 0.00690. The highest BCUT2D eigenvalue weighted by Gasteiger charge is 2.41. The van der Waals surface area contributed by atoms with Gasteiger partial charge in [-0.1, -0.05) is 18.2 Å². The van der Waals surface area contributed by atoms with E-state index in [-0.39, 0.29) is 17.6 Å². The van der Waals surface area contributed by atoms with E-state index in [1.54, 1.807) is 19.4 Å². The quantitative estimate of drug-likeness (QED) is 0.547. The Morgan fingerprint density at radius 3 is 2.57 bits per heavy atom. The van der Waals surface area contributed by atoms with Crippen molar-refractivity contribution >= 4 is 17.5 Å². The van der Waals surface area contributed by atoms with Crippen molar-refractivity contribution in [3.05, 3.63) is 100 Å². The monoisotopic (exact) mass is 469 g/mol. The van der Waals surface area contributed by atoms with Crippen LogP contribution in [0, 0.1) is 6.92 Å². The summed E-state index contributed by atoms with van der Waals surface area (Å²) in [6.45, 7) is 3.75. The molecular formula is C28H27N3O4. The van der Waals surface area contributed by atoms with Crippen molar-refractivity contribution in [2.24, 2.45) is 0 Å². The molecular weight excluding hydrogens is 442 g/mol. The van der Waals surface area contributed by atoms with Crippen LogP contribution in [0.4, 0.5) is 5.82 Å². The first-order chi connectivity index (χ1) is 16.9. The lowest BCUT2D eigenvalue weighted by molar-refractivity contribution is -0.116. The number of carbonyl (C=O) groups excluding carboxylic acids is 2. The first kappa shape index (κ1) is 22.7. The molecule has 35 heavy (non-hydrogen) atoms. The molecule has 0 saturated heterocycles. The number of allylic oxidation sites excluding steroid dienone is 3. The van der Waals surface area contributed by atoms with Crippen LogP contribution in [0.5, 0.6) is 5.75 Å². The number of nitrogens with zero attached hydrogens (tertiary/aromatic N) is 1. The number of aromatic nitrogens is 1. The van der Waals surface area contributed by atoms with E-state index in [4.69, 9.17) is 9.15 Å². The first-order valence-corrected chi connectivity index (χ1v) is 11.6. The highest BCUT2D eigenvalue weighted by Crippen LogP contribution is 2.45. The number of carbonyl (C=O) groups is 2. The van der Waals surface area contributed by atoms with Crippen molar-refractivity contribution in [1.82, 2.24) is 10.3 Å². The molecule has 3 aromatic rings. The van der Waals surface area contributed by atoms with E-state index in [0.29, 0.717) is 41.3 Å². The number of anilines is 1. The molecule has 3 heterocycles. The fraction of sp³-hybridized carbons (Fsp3) is 0.250. The number of rotatable bonds is 5. The van der Waals surface area contributed by atoms with Crippen LogP contribution in [0.25, 0.3) is 0 Å². The molecule has 0 unspecified atom stereocenters. The minimum Gasteiger partial charge on any atom is -0.497 e. The normalized spacial score (nSPS) is 19.8. The van der Waals surface area contributed by atoms with Crippen LogP contribution in [-0.2, 0) is 9.59 Å². The fourth-order valence-corrected chi connectivity index (χ4v) is 4.99. The number of furan rings is 1. The standard InChI is InChI=1S/C28H27N3O4/c1-16-6-4-8-24(29-16)31-28(33)25-17(2)30-21-14-19(23-7-5-13-35-23)15-22(32)27(21)26(25)18-9-11-20(34-3)12-10-18/h4-13,19,26,30H,14-15H2,1-3H3,(H,29,31,33)/t19-,26-/m0/s1. The number of hydrogen-bond donors (Lipinski definition) is 2. The summed E-state index contributed by atoms with van der Waals surface area (Å²) in [5.74, 6) is 1.14. The summed E-state index contributed by atoms with van der Waals surface area (Å²) in [6.07, 6.45) is 2.59. The smallest absolute Gasteiger partial charge is 0.255 e. The molecule has 1 aromatic carbocycles. The Morgan fingerprint density at radius 2 is 1.89 bits per heavy atom. The lowest BCUT2D eigenvalue weighted by Crippen LogP contribution is -2.37. The number of dihydropyridines is 1. The Hall–Kier alpha value is -4.13. The molecule has 0 fully saturated rings. The third-order valence-electron chi connectivity index (χ3n) is 6.60. The van der Waals surface area contributed by atoms with Crippen LogP contribution in [0.3, 0.4) is 0 Å². The number of pyridine rings is 1. The van der Waals surface area contributed by atoms with Gasteiger partial charge in [-0.3, -0.25) is 9.59 Å². The van der Waals surface area contributed by atoms with Gasteiger partial charge in [0.1, 0.15) is 17.3 Å². The zero-order valence-corrected chi connectivity index (χ0v) is 19.9. The largest absolute Gasteiger partial charge is 0.497 e. The average Bonchev–Trinajstić information content (AvgIpc) is 3.38. The van der Waals surface area contributed by atoms with Gasteiger partial charge in [-0.25, -0.2) is 4.98 Å². The maximum absolute atomic E-state index is 13.6. The molecule has 2 N–H and O–H groups in total. The van der Waals surface area contributed by atoms with Gasteiger partial charge in [0.2, 0.25) is 0 Å². The highest BCUT2D eigenvalue weighted by atomic mass is 16.5. The van der Waals surface area contributed by atoms with Gasteiger partial charge in [-0.15, -0.1) is 0 Å². The van der Waals surface area contributed by atoms with E-state index in [2.05, 4.69) is 15.6 Å². The van der Waals surface area contributed by atoms with Gasteiger partial charge in [0.05, 0.1) is 13.4 Å². The second-order valence-corrected chi connectivity index (χ2v) is 8.92. The molecule has 7 nitrogen and oxygen atoms in total. The fourth-order valence-electron chi connectivity index (χ4n) is 4.99. The molecule has 2 aromatic heterocycles. The van der Waals surface area contributed by atoms with Crippen LogP contribution in [0.15, 0.2) is 87.8 Å². The van der Waals surface area contributed by atoms with E-state index in [1.165, 1.54) is 0 Å². The third kappa shape index (κ3) is 4.37. The predicted octanol–water partition coefficient (Wildman–Crippen LogP) is 4.99. The van der Waals surface area contributed by atoms with Crippen LogP contribution in [0.2, 0.25) is 0 Å². The summed E-state index contributed by atoms with van der Waals surface area (Å²) < 4.78 is 10.9. The van der Waals surface area contributed by atoms with Crippen molar-refractivity contribution in [3.8, 4) is 5.75 Å². The van der Waals surface area contributed by atoms with Crippen molar-refractivity contribution in [2.45, 2.75) is 38.5 Å². The summed E-state index contributed by atoms with van der Waals surface area (Å²) in [5.41, 5.74) is 4.34. The maximum atomic E-state index is 13.6. The van der Waals surface area contributed by atoms with E-state index in [1.807, 2.05) is 62.4 Å². The Balaban J connectivity index is 1.56. The maximum Gasteiger partial charge on any atom is 0.255 e. The molecule has 2 aliphatic rings. The number of aryl methyl sites for hydroxylation is 1. The minimum atomic E-state index is -0.507. The van der Waals surface area contributed by atoms with Gasteiger partial charge < -0.3 is 19.8 Å². The van der Waals surface area contributed by atoms with Gasteiger partial charge in [0.25, 0.3) is 5.91 Å². The van der Waals surface area contributed by atoms with Crippen molar-refractivity contribution in [2.75, 3.05) is 12.4 Å². The molecule has 2 atom stereocenters. The average molecular weight is 470 g/mol. The van der Waals surface area contributed by atoms with Crippen molar-refractivity contribution < 1.29 is 18.7 Å². The molecule has 0 bridgehead atoms. The van der Waals surface area contributed by atoms with E-state index >= 15 is 0 Å². The van der Waals surface area contributed by atoms with Crippen molar-refractivity contribution in [3.63, 3.8) is 0 Å². The zero-order chi connectivity index (χ0) is 24.5. The third-order valence-corrected chi connectivity index (χ3v) is 6.60. The number of ketones is 1. The first-order valence-electron chi connectivity index (χ1n) is 11.6. The van der Waals surface area contributed by atoms with Crippen molar-refractivity contribution in [1.29, 1.82) is 0 Å². The van der Waals surface area contributed by atoms with Gasteiger partial charge in [0.15, 0.2) is 5.78 Å². The lowest BCUT2D eigenvalue weighted by atomic mass is 9.72. The topological polar surface area (TPSA) is 93.5 Å². The van der Waals surface area contributed by atoms with Gasteiger partial charge in [-0.2, -0.15) is 0 Å². The predicted molar refractivity (Wildman–Crippen MR) is 132 cm³/mol. The van der Waals surface area contributed by atoms with Crippen LogP contribution in [-0.4, -0.2) is 23.8 Å². The molecule has 178 valence electrons. The molecule has 0 spiro atoms. The number of nitrogens with one attached hydrogen (secondary N) is 2. The lowest BCUT2D eigenvalue weighted by Gasteiger charge is -2.36. The Bertz CT molecular complexity index is 1340. The number of Topliss-reactive ketones (excluding diaryl/α,β-unsaturated/α-hetero) is 1. The molecule has 5 rings (SSSR count). The molecule has 0 radical (unpaired) electrons. The number of methoxy groups -OCH3 is 1. The van der Waals surface area contributed by atoms with Crippen LogP contribution >= 0.6 is 0 Å². The molecule has 1 aliphatic carbocycles. The van der Waals surface area contributed by atoms with Crippen LogP contribution < -0.4 is 15.4 Å². The summed E-state index contributed by atoms with van der Waals surface area (Å²) in [7, 11) is 1.61. The molecule has 0 saturated carbocycles. The van der Waals surface area contributed by atoms with Gasteiger partial charge in [-0.05, 0) is 62.2 Å². The summed E-state index contributed by atoms with van der Waals surface area (Å²) in [5, 5.41) is 6.31. The number of amides is 1. The van der Waals surface area contributed by atoms with Crippen LogP contribution in [0.1, 0.15) is 48.6 Å². The number of benzene rings is 1. The summed E-state index contributed by atoms with van der Waals surface area (Å²) in [6, 6.07) is 16.7. The van der Waals surface area contributed by atoms with E-state index in [0.717, 1.165) is 22.7 Å². The Morgan fingerprint density at radius 1 is 1.09 bits per heavy atom. The van der Waals surface area contributed by atoms with Gasteiger partial charge in [0, 0.05) is 46.5 Å². The molecule has 1 amide bonds. The second-order valence-electron chi connectivity index (χ2n) is 8.92. The summed E-state index contributed by atoms with van der Waals surface area (Å²) >= 11 is 0. The number of ether oxygens (including phenoxy) is 1. The zero-order valence-electron chi connectivity index (χ0n) is 19.9. The van der Waals surface area contributed by atoms with Gasteiger partial charge >= 0.3 is 0 Å². The Labute approximate surface area is 203 Å².